The maximum Gasteiger partial charge on any atom is 0.416 e. The molecule has 0 fully saturated rings. The molecule has 1 aromatic heterocycles. The van der Waals surface area contributed by atoms with Gasteiger partial charge in [0.1, 0.15) is 5.57 Å². The number of carbonyl (C=O) groups excluding carboxylic acids is 2. The molecule has 35 heavy (non-hydrogen) atoms. The molecule has 2 aromatic carbocycles. The molecule has 2 amide bonds. The molecule has 1 heterocycles. The number of hydrogen-bond acceptors (Lipinski definition) is 6. The number of carbonyl (C=O) groups is 2. The van der Waals surface area contributed by atoms with Crippen molar-refractivity contribution >= 4 is 35.0 Å². The summed E-state index contributed by atoms with van der Waals surface area (Å²) in [6, 6.07) is 5.32. The van der Waals surface area contributed by atoms with E-state index in [0.29, 0.717) is 17.7 Å². The van der Waals surface area contributed by atoms with Crippen LogP contribution in [0.1, 0.15) is 22.5 Å². The Bertz CT molecular complexity index is 1210. The highest BCUT2D eigenvalue weighted by Crippen LogP contribution is 2.37. The molecule has 184 valence electrons. The van der Waals surface area contributed by atoms with Crippen molar-refractivity contribution in [1.29, 1.82) is 0 Å². The van der Waals surface area contributed by atoms with Gasteiger partial charge in [-0.2, -0.15) is 31.6 Å². The second-order valence-corrected chi connectivity index (χ2v) is 6.78. The molecule has 0 saturated carbocycles. The summed E-state index contributed by atoms with van der Waals surface area (Å²) in [7, 11) is 1.16. The number of H-pyrrole nitrogens is 1. The van der Waals surface area contributed by atoms with Gasteiger partial charge in [-0.15, -0.1) is 10.2 Å². The van der Waals surface area contributed by atoms with Gasteiger partial charge in [-0.25, -0.2) is 9.59 Å². The van der Waals surface area contributed by atoms with E-state index in [4.69, 9.17) is 0 Å². The maximum absolute atomic E-state index is 13.0. The average molecular weight is 500 g/mol. The average Bonchev–Trinajstić information content (AvgIpc) is 3.31. The number of aromatic amines is 1. The minimum absolute atomic E-state index is 0.0234. The number of amides is 2. The van der Waals surface area contributed by atoms with Crippen molar-refractivity contribution in [2.24, 2.45) is 0 Å². The molecule has 0 aliphatic heterocycles. The standard InChI is InChI=1S/C20H14F6N6O3/c1-35-17(33)15(16-29-31-32-30-16)6-10-2-4-13(5-3-10)27-18(34)28-14-8-11(19(21,22)23)7-12(9-14)20(24,25)26/h2-9H,1H3,(H2,27,28,34)(H,29,30,31,32)/b15-6-. The summed E-state index contributed by atoms with van der Waals surface area (Å²) in [6.07, 6.45) is -8.73. The van der Waals surface area contributed by atoms with Gasteiger partial charge in [-0.1, -0.05) is 12.1 Å². The zero-order chi connectivity index (χ0) is 25.8. The van der Waals surface area contributed by atoms with Crippen LogP contribution >= 0.6 is 0 Å². The van der Waals surface area contributed by atoms with Gasteiger partial charge in [-0.05, 0) is 47.2 Å². The SMILES string of the molecule is COC(=O)/C(=C\c1ccc(NC(=O)Nc2cc(C(F)(F)F)cc(C(F)(F)F)c2)cc1)c1nn[nH]n1. The van der Waals surface area contributed by atoms with E-state index in [1.807, 2.05) is 5.32 Å². The molecule has 0 aliphatic rings. The van der Waals surface area contributed by atoms with Crippen LogP contribution in [-0.2, 0) is 21.9 Å². The first-order chi connectivity index (χ1) is 16.4. The van der Waals surface area contributed by atoms with E-state index >= 15 is 0 Å². The van der Waals surface area contributed by atoms with Gasteiger partial charge in [0.2, 0.25) is 5.82 Å². The lowest BCUT2D eigenvalue weighted by Gasteiger charge is -2.15. The molecular weight excluding hydrogens is 486 g/mol. The summed E-state index contributed by atoms with van der Waals surface area (Å²) in [4.78, 5) is 24.1. The van der Waals surface area contributed by atoms with Crippen LogP contribution in [0.5, 0.6) is 0 Å². The van der Waals surface area contributed by atoms with Gasteiger partial charge in [0.05, 0.1) is 18.2 Å². The van der Waals surface area contributed by atoms with Gasteiger partial charge < -0.3 is 15.4 Å². The fourth-order valence-corrected chi connectivity index (χ4v) is 2.75. The van der Waals surface area contributed by atoms with Crippen LogP contribution < -0.4 is 10.6 Å². The fourth-order valence-electron chi connectivity index (χ4n) is 2.75. The highest BCUT2D eigenvalue weighted by Gasteiger charge is 2.37. The van der Waals surface area contributed by atoms with E-state index < -0.39 is 41.2 Å². The normalized spacial score (nSPS) is 12.3. The van der Waals surface area contributed by atoms with E-state index in [-0.39, 0.29) is 23.2 Å². The van der Waals surface area contributed by atoms with Crippen LogP contribution in [0.15, 0.2) is 42.5 Å². The maximum atomic E-state index is 13.0. The summed E-state index contributed by atoms with van der Waals surface area (Å²) in [5.74, 6) is -0.773. The first kappa shape index (κ1) is 25.2. The minimum Gasteiger partial charge on any atom is -0.465 e. The number of urea groups is 1. The number of aromatic nitrogens is 4. The van der Waals surface area contributed by atoms with Gasteiger partial charge in [-0.3, -0.25) is 0 Å². The Morgan fingerprint density at radius 2 is 1.49 bits per heavy atom. The number of benzene rings is 2. The molecule has 0 atom stereocenters. The molecule has 0 unspecified atom stereocenters. The van der Waals surface area contributed by atoms with Gasteiger partial charge in [0.25, 0.3) is 0 Å². The number of rotatable bonds is 5. The molecule has 0 saturated heterocycles. The third-order valence-electron chi connectivity index (χ3n) is 4.32. The third-order valence-corrected chi connectivity index (χ3v) is 4.32. The van der Waals surface area contributed by atoms with E-state index in [2.05, 4.69) is 30.7 Å². The van der Waals surface area contributed by atoms with Crippen molar-refractivity contribution in [1.82, 2.24) is 20.6 Å². The predicted molar refractivity (Wildman–Crippen MR) is 110 cm³/mol. The predicted octanol–water partition coefficient (Wildman–Crippen LogP) is 4.59. The topological polar surface area (TPSA) is 122 Å². The van der Waals surface area contributed by atoms with Crippen LogP contribution in [-0.4, -0.2) is 39.7 Å². The highest BCUT2D eigenvalue weighted by atomic mass is 19.4. The molecule has 0 aliphatic carbocycles. The van der Waals surface area contributed by atoms with Crippen LogP contribution in [0.4, 0.5) is 42.5 Å². The van der Waals surface area contributed by atoms with Crippen LogP contribution in [0.2, 0.25) is 0 Å². The van der Waals surface area contributed by atoms with Crippen LogP contribution in [0.25, 0.3) is 11.6 Å². The zero-order valence-electron chi connectivity index (χ0n) is 17.5. The second-order valence-electron chi connectivity index (χ2n) is 6.78. The number of esters is 1. The van der Waals surface area contributed by atoms with E-state index in [0.717, 1.165) is 7.11 Å². The van der Waals surface area contributed by atoms with Crippen molar-refractivity contribution in [2.75, 3.05) is 17.7 Å². The highest BCUT2D eigenvalue weighted by molar-refractivity contribution is 6.20. The van der Waals surface area contributed by atoms with Crippen LogP contribution in [0.3, 0.4) is 0 Å². The number of nitrogens with zero attached hydrogens (tertiary/aromatic N) is 3. The van der Waals surface area contributed by atoms with Crippen molar-refractivity contribution in [3.05, 3.63) is 65.0 Å². The number of alkyl halides is 6. The lowest BCUT2D eigenvalue weighted by molar-refractivity contribution is -0.143. The Kier molecular flexibility index (Phi) is 7.07. The van der Waals surface area contributed by atoms with Crippen LogP contribution in [0, 0.1) is 0 Å². The van der Waals surface area contributed by atoms with E-state index in [1.54, 1.807) is 0 Å². The van der Waals surface area contributed by atoms with E-state index in [1.165, 1.54) is 30.3 Å². The molecule has 3 aromatic rings. The van der Waals surface area contributed by atoms with Crippen molar-refractivity contribution in [2.45, 2.75) is 12.4 Å². The number of ether oxygens (including phenoxy) is 1. The summed E-state index contributed by atoms with van der Waals surface area (Å²) in [5, 5.41) is 17.2. The molecule has 9 nitrogen and oxygen atoms in total. The second kappa shape index (κ2) is 9.82. The smallest absolute Gasteiger partial charge is 0.416 e. The first-order valence-electron chi connectivity index (χ1n) is 9.38. The van der Waals surface area contributed by atoms with Gasteiger partial charge in [0.15, 0.2) is 0 Å². The fraction of sp³-hybridized carbons (Fsp3) is 0.150. The van der Waals surface area contributed by atoms with Gasteiger partial charge in [0, 0.05) is 11.4 Å². The Morgan fingerprint density at radius 3 is 1.97 bits per heavy atom. The van der Waals surface area contributed by atoms with Gasteiger partial charge >= 0.3 is 24.4 Å². The summed E-state index contributed by atoms with van der Waals surface area (Å²) in [5.41, 5.74) is -3.25. The Hall–Kier alpha value is -4.43. The van der Waals surface area contributed by atoms with Crippen molar-refractivity contribution < 1.29 is 40.7 Å². The summed E-state index contributed by atoms with van der Waals surface area (Å²) >= 11 is 0. The molecule has 15 heteroatoms. The molecule has 0 spiro atoms. The number of anilines is 2. The Balaban J connectivity index is 1.76. The summed E-state index contributed by atoms with van der Waals surface area (Å²) in [6.45, 7) is 0. The monoisotopic (exact) mass is 500 g/mol. The largest absolute Gasteiger partial charge is 0.465 e. The summed E-state index contributed by atoms with van der Waals surface area (Å²) < 4.78 is 82.5. The number of hydrogen-bond donors (Lipinski definition) is 3. The number of methoxy groups -OCH3 is 1. The molecule has 0 radical (unpaired) electrons. The van der Waals surface area contributed by atoms with Crippen molar-refractivity contribution in [3.63, 3.8) is 0 Å². The lowest BCUT2D eigenvalue weighted by Crippen LogP contribution is -2.20. The quantitative estimate of drug-likeness (QED) is 0.268. The number of halogens is 6. The molecule has 3 N–H and O–H groups in total. The molecule has 3 rings (SSSR count). The molecule has 0 bridgehead atoms. The Labute approximate surface area is 192 Å². The zero-order valence-corrected chi connectivity index (χ0v) is 17.5. The molecular formula is C20H14F6N6O3. The number of tetrazole rings is 1. The first-order valence-corrected chi connectivity index (χ1v) is 9.38. The van der Waals surface area contributed by atoms with E-state index in [9.17, 15) is 35.9 Å². The number of nitrogens with one attached hydrogen (secondary N) is 3. The van der Waals surface area contributed by atoms with Crippen molar-refractivity contribution in [3.8, 4) is 0 Å². The third kappa shape index (κ3) is 6.55. The minimum atomic E-state index is -5.05. The Morgan fingerprint density at radius 1 is 0.914 bits per heavy atom. The lowest BCUT2D eigenvalue weighted by atomic mass is 10.1.